The highest BCUT2D eigenvalue weighted by Crippen LogP contribution is 2.16. The van der Waals surface area contributed by atoms with Crippen LogP contribution >= 0.6 is 0 Å². The molecule has 0 bridgehead atoms. The SMILES string of the molecule is CN=C(NCCS(=O)(=O)NCC1CCCCO1)N(C)CCOc1ccc(OC)cc1. The molecule has 170 valence electrons. The molecule has 0 amide bonds. The largest absolute Gasteiger partial charge is 0.497 e. The Balaban J connectivity index is 1.66. The van der Waals surface area contributed by atoms with Crippen LogP contribution in [0.2, 0.25) is 0 Å². The third-order valence-electron chi connectivity index (χ3n) is 4.79. The summed E-state index contributed by atoms with van der Waals surface area (Å²) >= 11 is 0. The number of sulfonamides is 1. The normalized spacial score (nSPS) is 17.4. The molecule has 1 aromatic rings. The van der Waals surface area contributed by atoms with Crippen molar-refractivity contribution in [3.63, 3.8) is 0 Å². The fourth-order valence-electron chi connectivity index (χ4n) is 3.02. The number of hydrogen-bond acceptors (Lipinski definition) is 6. The summed E-state index contributed by atoms with van der Waals surface area (Å²) in [5.41, 5.74) is 0. The molecule has 1 aliphatic rings. The van der Waals surface area contributed by atoms with Crippen molar-refractivity contribution in [3.05, 3.63) is 24.3 Å². The van der Waals surface area contributed by atoms with Gasteiger partial charge in [-0.15, -0.1) is 0 Å². The molecule has 0 radical (unpaired) electrons. The molecular weight excluding hydrogens is 408 g/mol. The lowest BCUT2D eigenvalue weighted by Gasteiger charge is -2.23. The van der Waals surface area contributed by atoms with Crippen LogP contribution in [0.25, 0.3) is 0 Å². The van der Waals surface area contributed by atoms with Crippen molar-refractivity contribution in [2.45, 2.75) is 25.4 Å². The summed E-state index contributed by atoms with van der Waals surface area (Å²) < 4.78 is 43.4. The van der Waals surface area contributed by atoms with E-state index in [0.29, 0.717) is 32.3 Å². The molecule has 0 aliphatic carbocycles. The van der Waals surface area contributed by atoms with E-state index >= 15 is 0 Å². The lowest BCUT2D eigenvalue weighted by Crippen LogP contribution is -2.44. The van der Waals surface area contributed by atoms with Crippen LogP contribution in [-0.4, -0.2) is 85.2 Å². The van der Waals surface area contributed by atoms with Crippen LogP contribution in [0.3, 0.4) is 0 Å². The first kappa shape index (κ1) is 24.2. The van der Waals surface area contributed by atoms with Crippen molar-refractivity contribution < 1.29 is 22.6 Å². The molecule has 0 spiro atoms. The Kier molecular flexibility index (Phi) is 10.2. The van der Waals surface area contributed by atoms with E-state index in [-0.39, 0.29) is 18.4 Å². The number of benzene rings is 1. The number of ether oxygens (including phenoxy) is 3. The monoisotopic (exact) mass is 442 g/mol. The lowest BCUT2D eigenvalue weighted by atomic mass is 10.1. The quantitative estimate of drug-likeness (QED) is 0.390. The molecule has 9 nitrogen and oxygen atoms in total. The van der Waals surface area contributed by atoms with Crippen molar-refractivity contribution in [1.29, 1.82) is 0 Å². The molecule has 1 fully saturated rings. The Labute approximate surface area is 179 Å². The minimum atomic E-state index is -3.37. The Morgan fingerprint density at radius 3 is 2.63 bits per heavy atom. The highest BCUT2D eigenvalue weighted by Gasteiger charge is 2.18. The number of nitrogens with zero attached hydrogens (tertiary/aromatic N) is 2. The molecule has 2 rings (SSSR count). The average Bonchev–Trinajstić information content (AvgIpc) is 2.76. The molecule has 1 aliphatic heterocycles. The van der Waals surface area contributed by atoms with Gasteiger partial charge >= 0.3 is 0 Å². The van der Waals surface area contributed by atoms with Crippen molar-refractivity contribution in [2.75, 3.05) is 59.8 Å². The van der Waals surface area contributed by atoms with Gasteiger partial charge in [-0.3, -0.25) is 4.99 Å². The van der Waals surface area contributed by atoms with Crippen molar-refractivity contribution >= 4 is 16.0 Å². The van der Waals surface area contributed by atoms with E-state index in [1.807, 2.05) is 36.2 Å². The average molecular weight is 443 g/mol. The predicted octanol–water partition coefficient (Wildman–Crippen LogP) is 1.07. The summed E-state index contributed by atoms with van der Waals surface area (Å²) in [4.78, 5) is 6.09. The summed E-state index contributed by atoms with van der Waals surface area (Å²) in [5.74, 6) is 2.11. The van der Waals surface area contributed by atoms with E-state index in [1.54, 1.807) is 14.2 Å². The smallest absolute Gasteiger partial charge is 0.213 e. The zero-order valence-corrected chi connectivity index (χ0v) is 18.9. The van der Waals surface area contributed by atoms with E-state index in [4.69, 9.17) is 14.2 Å². The minimum Gasteiger partial charge on any atom is -0.497 e. The van der Waals surface area contributed by atoms with E-state index < -0.39 is 10.0 Å². The molecule has 0 saturated carbocycles. The summed E-state index contributed by atoms with van der Waals surface area (Å²) in [6, 6.07) is 7.38. The molecule has 30 heavy (non-hydrogen) atoms. The van der Waals surface area contributed by atoms with Gasteiger partial charge in [-0.1, -0.05) is 0 Å². The van der Waals surface area contributed by atoms with E-state index in [9.17, 15) is 8.42 Å². The second-order valence-corrected chi connectivity index (χ2v) is 9.00. The zero-order chi connectivity index (χ0) is 21.8. The van der Waals surface area contributed by atoms with E-state index in [0.717, 1.165) is 30.8 Å². The number of hydrogen-bond donors (Lipinski definition) is 2. The fourth-order valence-corrected chi connectivity index (χ4v) is 3.98. The number of likely N-dealkylation sites (N-methyl/N-ethyl adjacent to an activating group) is 1. The second kappa shape index (κ2) is 12.6. The maximum absolute atomic E-state index is 12.2. The highest BCUT2D eigenvalue weighted by molar-refractivity contribution is 7.89. The van der Waals surface area contributed by atoms with Gasteiger partial charge < -0.3 is 24.4 Å². The van der Waals surface area contributed by atoms with Crippen LogP contribution in [0, 0.1) is 0 Å². The van der Waals surface area contributed by atoms with Gasteiger partial charge in [0.05, 0.1) is 25.5 Å². The van der Waals surface area contributed by atoms with Crippen LogP contribution < -0.4 is 19.5 Å². The first-order chi connectivity index (χ1) is 14.4. The Morgan fingerprint density at radius 1 is 1.27 bits per heavy atom. The number of guanidine groups is 1. The van der Waals surface area contributed by atoms with Crippen molar-refractivity contribution in [2.24, 2.45) is 4.99 Å². The van der Waals surface area contributed by atoms with Crippen LogP contribution in [0.5, 0.6) is 11.5 Å². The second-order valence-electron chi connectivity index (χ2n) is 7.08. The third-order valence-corrected chi connectivity index (χ3v) is 6.14. The molecule has 2 N–H and O–H groups in total. The van der Waals surface area contributed by atoms with Crippen LogP contribution in [-0.2, 0) is 14.8 Å². The Bertz CT molecular complexity index is 749. The van der Waals surface area contributed by atoms with Gasteiger partial charge in [0.25, 0.3) is 0 Å². The number of aliphatic imine (C=N–C) groups is 1. The first-order valence-electron chi connectivity index (χ1n) is 10.2. The van der Waals surface area contributed by atoms with E-state index in [1.165, 1.54) is 0 Å². The van der Waals surface area contributed by atoms with E-state index in [2.05, 4.69) is 15.0 Å². The minimum absolute atomic E-state index is 0.0221. The van der Waals surface area contributed by atoms with Gasteiger partial charge in [-0.25, -0.2) is 13.1 Å². The first-order valence-corrected chi connectivity index (χ1v) is 11.9. The number of methoxy groups -OCH3 is 1. The molecule has 0 aromatic heterocycles. The van der Waals surface area contributed by atoms with Crippen LogP contribution in [0.1, 0.15) is 19.3 Å². The summed E-state index contributed by atoms with van der Waals surface area (Å²) in [7, 11) is 1.79. The summed E-state index contributed by atoms with van der Waals surface area (Å²) in [6.45, 7) is 2.36. The van der Waals surface area contributed by atoms with Crippen molar-refractivity contribution in [1.82, 2.24) is 14.9 Å². The summed E-state index contributed by atoms with van der Waals surface area (Å²) in [5, 5.41) is 3.08. The van der Waals surface area contributed by atoms with Crippen molar-refractivity contribution in [3.8, 4) is 11.5 Å². The predicted molar refractivity (Wildman–Crippen MR) is 118 cm³/mol. The van der Waals surface area contributed by atoms with Gasteiger partial charge in [0.15, 0.2) is 5.96 Å². The number of nitrogens with one attached hydrogen (secondary N) is 2. The van der Waals surface area contributed by atoms with Gasteiger partial charge in [-0.05, 0) is 43.5 Å². The maximum Gasteiger partial charge on any atom is 0.213 e. The number of rotatable bonds is 11. The zero-order valence-electron chi connectivity index (χ0n) is 18.1. The Hall–Kier alpha value is -2.04. The Morgan fingerprint density at radius 2 is 2.00 bits per heavy atom. The maximum atomic E-state index is 12.2. The molecule has 1 aromatic carbocycles. The fraction of sp³-hybridized carbons (Fsp3) is 0.650. The van der Waals surface area contributed by atoms with Gasteiger partial charge in [0.2, 0.25) is 10.0 Å². The molecular formula is C20H34N4O5S. The molecule has 1 unspecified atom stereocenters. The van der Waals surface area contributed by atoms with Crippen LogP contribution in [0.4, 0.5) is 0 Å². The van der Waals surface area contributed by atoms with Gasteiger partial charge in [-0.2, -0.15) is 0 Å². The highest BCUT2D eigenvalue weighted by atomic mass is 32.2. The topological polar surface area (TPSA) is 101 Å². The third kappa shape index (κ3) is 8.76. The lowest BCUT2D eigenvalue weighted by molar-refractivity contribution is 0.0200. The summed E-state index contributed by atoms with van der Waals surface area (Å²) in [6.07, 6.45) is 3.01. The van der Waals surface area contributed by atoms with Crippen LogP contribution in [0.15, 0.2) is 29.3 Å². The van der Waals surface area contributed by atoms with Gasteiger partial charge in [0, 0.05) is 33.8 Å². The molecule has 1 saturated heterocycles. The molecule has 1 heterocycles. The standard InChI is InChI=1S/C20H34N4O5S/c1-21-20(24(2)12-14-29-18-9-7-17(27-3)8-10-18)22-11-15-30(25,26)23-16-19-6-4-5-13-28-19/h7-10,19,23H,4-6,11-16H2,1-3H3,(H,21,22). The molecule has 10 heteroatoms. The molecule has 1 atom stereocenters. The van der Waals surface area contributed by atoms with Gasteiger partial charge in [0.1, 0.15) is 18.1 Å².